The minimum Gasteiger partial charge on any atom is -0.389 e. The van der Waals surface area contributed by atoms with E-state index in [0.717, 1.165) is 6.04 Å². The number of aliphatic hydroxyl groups excluding tert-OH is 1. The van der Waals surface area contributed by atoms with E-state index >= 15 is 0 Å². The molecule has 0 amide bonds. The molecule has 2 rings (SSSR count). The number of hydrogen-bond acceptors (Lipinski definition) is 5. The van der Waals surface area contributed by atoms with Gasteiger partial charge < -0.3 is 24.8 Å². The lowest BCUT2D eigenvalue weighted by Gasteiger charge is -2.35. The second-order valence-corrected chi connectivity index (χ2v) is 6.61. The third-order valence-electron chi connectivity index (χ3n) is 4.45. The molecule has 0 aliphatic carbocycles. The zero-order valence-corrected chi connectivity index (χ0v) is 13.6. The lowest BCUT2D eigenvalue weighted by atomic mass is 9.97. The van der Waals surface area contributed by atoms with Crippen molar-refractivity contribution < 1.29 is 14.6 Å². The SMILES string of the molecule is CC(C)OCCOCC(O)CNC1CCN2CCCC2C1. The highest BCUT2D eigenvalue weighted by Gasteiger charge is 2.31. The second kappa shape index (κ2) is 9.06. The van der Waals surface area contributed by atoms with Gasteiger partial charge in [-0.05, 0) is 52.6 Å². The van der Waals surface area contributed by atoms with Crippen molar-refractivity contribution in [1.29, 1.82) is 0 Å². The van der Waals surface area contributed by atoms with Crippen LogP contribution < -0.4 is 5.32 Å². The molecule has 0 saturated carbocycles. The Kier molecular flexibility index (Phi) is 7.40. The first-order valence-electron chi connectivity index (χ1n) is 8.50. The van der Waals surface area contributed by atoms with Crippen LogP contribution in [-0.2, 0) is 9.47 Å². The Bertz CT molecular complexity index is 289. The average molecular weight is 300 g/mol. The Morgan fingerprint density at radius 2 is 2.10 bits per heavy atom. The molecule has 2 N–H and O–H groups in total. The fraction of sp³-hybridized carbons (Fsp3) is 1.00. The van der Waals surface area contributed by atoms with E-state index in [9.17, 15) is 5.11 Å². The van der Waals surface area contributed by atoms with Gasteiger partial charge in [0.25, 0.3) is 0 Å². The van der Waals surface area contributed by atoms with Crippen LogP contribution in [-0.4, -0.2) is 73.8 Å². The maximum atomic E-state index is 9.94. The van der Waals surface area contributed by atoms with Crippen LogP contribution in [0.1, 0.15) is 39.5 Å². The van der Waals surface area contributed by atoms with Gasteiger partial charge in [-0.2, -0.15) is 0 Å². The van der Waals surface area contributed by atoms with Crippen LogP contribution in [0.5, 0.6) is 0 Å². The van der Waals surface area contributed by atoms with Gasteiger partial charge in [0.1, 0.15) is 0 Å². The molecule has 3 atom stereocenters. The molecule has 21 heavy (non-hydrogen) atoms. The van der Waals surface area contributed by atoms with Crippen molar-refractivity contribution in [3.8, 4) is 0 Å². The van der Waals surface area contributed by atoms with Crippen molar-refractivity contribution in [2.75, 3.05) is 39.5 Å². The molecule has 3 unspecified atom stereocenters. The fourth-order valence-corrected chi connectivity index (χ4v) is 3.33. The quantitative estimate of drug-likeness (QED) is 0.622. The summed E-state index contributed by atoms with van der Waals surface area (Å²) >= 11 is 0. The summed E-state index contributed by atoms with van der Waals surface area (Å²) in [6, 6.07) is 1.33. The predicted octanol–water partition coefficient (Wildman–Crippen LogP) is 1.01. The Labute approximate surface area is 129 Å². The second-order valence-electron chi connectivity index (χ2n) is 6.61. The zero-order chi connectivity index (χ0) is 15.1. The molecule has 0 aromatic carbocycles. The van der Waals surface area contributed by atoms with Gasteiger partial charge in [0.15, 0.2) is 0 Å². The zero-order valence-electron chi connectivity index (χ0n) is 13.6. The third kappa shape index (κ3) is 6.20. The number of rotatable bonds is 9. The first kappa shape index (κ1) is 17.2. The predicted molar refractivity (Wildman–Crippen MR) is 83.5 cm³/mol. The summed E-state index contributed by atoms with van der Waals surface area (Å²) in [5.74, 6) is 0. The number of ether oxygens (including phenoxy) is 2. The maximum Gasteiger partial charge on any atom is 0.0897 e. The van der Waals surface area contributed by atoms with E-state index in [2.05, 4.69) is 10.2 Å². The van der Waals surface area contributed by atoms with Crippen LogP contribution in [0.2, 0.25) is 0 Å². The largest absolute Gasteiger partial charge is 0.389 e. The molecule has 2 saturated heterocycles. The van der Waals surface area contributed by atoms with Crippen molar-refractivity contribution >= 4 is 0 Å². The molecule has 5 nitrogen and oxygen atoms in total. The number of fused-ring (bicyclic) bond motifs is 1. The van der Waals surface area contributed by atoms with E-state index in [4.69, 9.17) is 9.47 Å². The van der Waals surface area contributed by atoms with Crippen LogP contribution in [0.4, 0.5) is 0 Å². The summed E-state index contributed by atoms with van der Waals surface area (Å²) in [6.07, 6.45) is 4.95. The molecule has 0 bridgehead atoms. The van der Waals surface area contributed by atoms with E-state index < -0.39 is 6.10 Å². The summed E-state index contributed by atoms with van der Waals surface area (Å²) in [7, 11) is 0. The van der Waals surface area contributed by atoms with Crippen LogP contribution in [0.25, 0.3) is 0 Å². The molecular formula is C16H32N2O3. The molecular weight excluding hydrogens is 268 g/mol. The maximum absolute atomic E-state index is 9.94. The standard InChI is InChI=1S/C16H32N2O3/c1-13(2)21-9-8-20-12-16(19)11-17-14-5-7-18-6-3-4-15(18)10-14/h13-17,19H,3-12H2,1-2H3. The third-order valence-corrected chi connectivity index (χ3v) is 4.45. The van der Waals surface area contributed by atoms with Crippen molar-refractivity contribution in [3.63, 3.8) is 0 Å². The first-order valence-corrected chi connectivity index (χ1v) is 8.50. The average Bonchev–Trinajstić information content (AvgIpc) is 2.92. The normalized spacial score (nSPS) is 28.0. The summed E-state index contributed by atoms with van der Waals surface area (Å²) in [5, 5.41) is 13.4. The molecule has 5 heteroatoms. The molecule has 0 aromatic rings. The number of aliphatic hydroxyl groups is 1. The summed E-state index contributed by atoms with van der Waals surface area (Å²) in [5.41, 5.74) is 0. The van der Waals surface area contributed by atoms with Gasteiger partial charge in [-0.15, -0.1) is 0 Å². The summed E-state index contributed by atoms with van der Waals surface area (Å²) < 4.78 is 10.8. The highest BCUT2D eigenvalue weighted by atomic mass is 16.5. The van der Waals surface area contributed by atoms with Gasteiger partial charge in [-0.25, -0.2) is 0 Å². The Hall–Kier alpha value is -0.200. The number of nitrogens with one attached hydrogen (secondary N) is 1. The molecule has 2 aliphatic heterocycles. The monoisotopic (exact) mass is 300 g/mol. The van der Waals surface area contributed by atoms with E-state index in [1.54, 1.807) is 0 Å². The lowest BCUT2D eigenvalue weighted by Crippen LogP contribution is -2.47. The molecule has 2 fully saturated rings. The number of piperidine rings is 1. The minimum atomic E-state index is -0.425. The Balaban J connectivity index is 1.49. The van der Waals surface area contributed by atoms with E-state index in [1.807, 2.05) is 13.8 Å². The van der Waals surface area contributed by atoms with E-state index in [-0.39, 0.29) is 6.10 Å². The molecule has 0 aromatic heterocycles. The van der Waals surface area contributed by atoms with Crippen molar-refractivity contribution in [3.05, 3.63) is 0 Å². The van der Waals surface area contributed by atoms with E-state index in [0.29, 0.717) is 32.4 Å². The Morgan fingerprint density at radius 1 is 1.24 bits per heavy atom. The number of hydrogen-bond donors (Lipinski definition) is 2. The highest BCUT2D eigenvalue weighted by molar-refractivity contribution is 4.89. The lowest BCUT2D eigenvalue weighted by molar-refractivity contribution is -0.0111. The van der Waals surface area contributed by atoms with Crippen LogP contribution in [0.15, 0.2) is 0 Å². The molecule has 0 spiro atoms. The van der Waals surface area contributed by atoms with Crippen molar-refractivity contribution in [2.45, 2.75) is 63.8 Å². The smallest absolute Gasteiger partial charge is 0.0897 e. The highest BCUT2D eigenvalue weighted by Crippen LogP contribution is 2.26. The van der Waals surface area contributed by atoms with Gasteiger partial charge in [-0.1, -0.05) is 0 Å². The van der Waals surface area contributed by atoms with Gasteiger partial charge in [0.2, 0.25) is 0 Å². The van der Waals surface area contributed by atoms with Crippen LogP contribution in [0, 0.1) is 0 Å². The van der Waals surface area contributed by atoms with Gasteiger partial charge in [0, 0.05) is 18.6 Å². The fourth-order valence-electron chi connectivity index (χ4n) is 3.33. The number of nitrogens with zero attached hydrogens (tertiary/aromatic N) is 1. The molecule has 0 radical (unpaired) electrons. The van der Waals surface area contributed by atoms with Crippen LogP contribution in [0.3, 0.4) is 0 Å². The van der Waals surface area contributed by atoms with E-state index in [1.165, 1.54) is 38.8 Å². The summed E-state index contributed by atoms with van der Waals surface area (Å²) in [6.45, 7) is 8.67. The Morgan fingerprint density at radius 3 is 2.90 bits per heavy atom. The van der Waals surface area contributed by atoms with Gasteiger partial charge >= 0.3 is 0 Å². The molecule has 124 valence electrons. The topological polar surface area (TPSA) is 54.0 Å². The molecule has 2 aliphatic rings. The summed E-state index contributed by atoms with van der Waals surface area (Å²) in [4.78, 5) is 2.62. The van der Waals surface area contributed by atoms with Gasteiger partial charge in [-0.3, -0.25) is 0 Å². The van der Waals surface area contributed by atoms with Gasteiger partial charge in [0.05, 0.1) is 32.0 Å². The van der Waals surface area contributed by atoms with Crippen molar-refractivity contribution in [1.82, 2.24) is 10.2 Å². The first-order chi connectivity index (χ1) is 10.1. The molecule has 2 heterocycles. The van der Waals surface area contributed by atoms with Crippen molar-refractivity contribution in [2.24, 2.45) is 0 Å². The minimum absolute atomic E-state index is 0.238. The van der Waals surface area contributed by atoms with Crippen LogP contribution >= 0.6 is 0 Å².